The van der Waals surface area contributed by atoms with E-state index >= 15 is 0 Å². The number of hydrogen-bond donors (Lipinski definition) is 1. The lowest BCUT2D eigenvalue weighted by Gasteiger charge is -2.36. The lowest BCUT2D eigenvalue weighted by molar-refractivity contribution is -0.140. The summed E-state index contributed by atoms with van der Waals surface area (Å²) in [5, 5.41) is 9.10. The molecule has 4 heteroatoms. The van der Waals surface area contributed by atoms with Crippen molar-refractivity contribution in [1.29, 1.82) is 0 Å². The minimum absolute atomic E-state index is 0.00322. The molecule has 1 N–H and O–H groups in total. The van der Waals surface area contributed by atoms with Gasteiger partial charge in [-0.1, -0.05) is 29.8 Å². The number of carboxylic acid groups (broad SMARTS) is 1. The first kappa shape index (κ1) is 13.9. The first-order valence-electron chi connectivity index (χ1n) is 7.42. The van der Waals surface area contributed by atoms with Gasteiger partial charge in [-0.2, -0.15) is 0 Å². The van der Waals surface area contributed by atoms with E-state index in [-0.39, 0.29) is 18.4 Å². The van der Waals surface area contributed by atoms with E-state index < -0.39 is 5.97 Å². The van der Waals surface area contributed by atoms with Crippen molar-refractivity contribution in [3.63, 3.8) is 0 Å². The van der Waals surface area contributed by atoms with Crippen molar-refractivity contribution in [2.45, 2.75) is 44.7 Å². The van der Waals surface area contributed by atoms with Crippen LogP contribution < -0.4 is 0 Å². The van der Waals surface area contributed by atoms with Crippen molar-refractivity contribution in [3.05, 3.63) is 47.0 Å². The number of aliphatic carboxylic acids is 1. The van der Waals surface area contributed by atoms with Gasteiger partial charge in [-0.25, -0.2) is 0 Å². The summed E-state index contributed by atoms with van der Waals surface area (Å²) >= 11 is 0. The lowest BCUT2D eigenvalue weighted by Crippen LogP contribution is -2.44. The standard InChI is InChI=1S/C17H19NO3/c19-16(8-12-4-3-5-12)18-11-14-7-2-1-6-13(14)9-15(18)10-17(20)21/h1-2,6-8,15H,3-5,9-11H2,(H,20,21)/t15-/m0/s1. The third-order valence-electron chi connectivity index (χ3n) is 4.37. The van der Waals surface area contributed by atoms with Crippen LogP contribution in [0.4, 0.5) is 0 Å². The molecule has 1 aromatic carbocycles. The number of amides is 1. The molecule has 1 aromatic rings. The Morgan fingerprint density at radius 1 is 1.24 bits per heavy atom. The fourth-order valence-corrected chi connectivity index (χ4v) is 3.01. The summed E-state index contributed by atoms with van der Waals surface area (Å²) < 4.78 is 0. The molecule has 0 aromatic heterocycles. The summed E-state index contributed by atoms with van der Waals surface area (Å²) in [5.41, 5.74) is 3.47. The van der Waals surface area contributed by atoms with Crippen LogP contribution in [0.25, 0.3) is 0 Å². The zero-order valence-electron chi connectivity index (χ0n) is 11.9. The zero-order chi connectivity index (χ0) is 14.8. The van der Waals surface area contributed by atoms with E-state index in [4.69, 9.17) is 5.11 Å². The molecule has 4 nitrogen and oxygen atoms in total. The molecule has 0 bridgehead atoms. The Labute approximate surface area is 124 Å². The Balaban J connectivity index is 1.84. The number of allylic oxidation sites excluding steroid dienone is 1. The average molecular weight is 285 g/mol. The molecule has 2 aliphatic rings. The van der Waals surface area contributed by atoms with Gasteiger partial charge in [-0.05, 0) is 36.8 Å². The second-order valence-electron chi connectivity index (χ2n) is 5.85. The molecule has 1 amide bonds. The van der Waals surface area contributed by atoms with Crippen molar-refractivity contribution in [3.8, 4) is 0 Å². The summed E-state index contributed by atoms with van der Waals surface area (Å²) in [4.78, 5) is 25.3. The quantitative estimate of drug-likeness (QED) is 0.868. The number of benzene rings is 1. The van der Waals surface area contributed by atoms with Gasteiger partial charge in [0.15, 0.2) is 0 Å². The van der Waals surface area contributed by atoms with Crippen LogP contribution in [0.5, 0.6) is 0 Å². The molecule has 0 unspecified atom stereocenters. The molecule has 110 valence electrons. The van der Waals surface area contributed by atoms with Crippen LogP contribution in [-0.2, 0) is 22.6 Å². The van der Waals surface area contributed by atoms with Gasteiger partial charge in [-0.15, -0.1) is 0 Å². The fraction of sp³-hybridized carbons (Fsp3) is 0.412. The summed E-state index contributed by atoms with van der Waals surface area (Å²) in [7, 11) is 0. The summed E-state index contributed by atoms with van der Waals surface area (Å²) in [6.07, 6.45) is 5.49. The monoisotopic (exact) mass is 285 g/mol. The van der Waals surface area contributed by atoms with E-state index in [0.29, 0.717) is 13.0 Å². The van der Waals surface area contributed by atoms with E-state index in [1.165, 1.54) is 5.57 Å². The number of carboxylic acids is 1. The molecule has 1 fully saturated rings. The number of carbonyl (C=O) groups excluding carboxylic acids is 1. The number of hydrogen-bond acceptors (Lipinski definition) is 2. The van der Waals surface area contributed by atoms with Gasteiger partial charge in [0.1, 0.15) is 0 Å². The lowest BCUT2D eigenvalue weighted by atomic mass is 9.90. The molecule has 0 radical (unpaired) electrons. The van der Waals surface area contributed by atoms with Crippen molar-refractivity contribution < 1.29 is 14.7 Å². The van der Waals surface area contributed by atoms with Crippen LogP contribution in [0.3, 0.4) is 0 Å². The Bertz CT molecular complexity index is 600. The molecule has 0 spiro atoms. The predicted octanol–water partition coefficient (Wildman–Crippen LogP) is 2.52. The minimum Gasteiger partial charge on any atom is -0.481 e. The number of carbonyl (C=O) groups is 2. The van der Waals surface area contributed by atoms with Crippen molar-refractivity contribution in [1.82, 2.24) is 4.90 Å². The van der Waals surface area contributed by atoms with Gasteiger partial charge in [-0.3, -0.25) is 9.59 Å². The van der Waals surface area contributed by atoms with Gasteiger partial charge >= 0.3 is 5.97 Å². The number of rotatable bonds is 3. The maximum Gasteiger partial charge on any atom is 0.305 e. The highest BCUT2D eigenvalue weighted by Gasteiger charge is 2.30. The highest BCUT2D eigenvalue weighted by Crippen LogP contribution is 2.28. The van der Waals surface area contributed by atoms with E-state index in [1.54, 1.807) is 11.0 Å². The van der Waals surface area contributed by atoms with E-state index in [0.717, 1.165) is 30.4 Å². The third-order valence-corrected chi connectivity index (χ3v) is 4.37. The van der Waals surface area contributed by atoms with E-state index in [2.05, 4.69) is 0 Å². The molecule has 21 heavy (non-hydrogen) atoms. The van der Waals surface area contributed by atoms with Gasteiger partial charge in [0, 0.05) is 18.7 Å². The third kappa shape index (κ3) is 2.99. The van der Waals surface area contributed by atoms with Gasteiger partial charge in [0.25, 0.3) is 0 Å². The van der Waals surface area contributed by atoms with Crippen LogP contribution in [0.1, 0.15) is 36.8 Å². The SMILES string of the molecule is O=C(O)C[C@@H]1Cc2ccccc2CN1C(=O)C=C1CCC1. The normalized spacial score (nSPS) is 20.5. The largest absolute Gasteiger partial charge is 0.481 e. The first-order valence-corrected chi connectivity index (χ1v) is 7.42. The van der Waals surface area contributed by atoms with E-state index in [9.17, 15) is 9.59 Å². The predicted molar refractivity (Wildman–Crippen MR) is 78.7 cm³/mol. The van der Waals surface area contributed by atoms with Crippen LogP contribution in [0, 0.1) is 0 Å². The molecule has 1 aliphatic carbocycles. The van der Waals surface area contributed by atoms with E-state index in [1.807, 2.05) is 24.3 Å². The zero-order valence-corrected chi connectivity index (χ0v) is 11.9. The maximum absolute atomic E-state index is 12.5. The Morgan fingerprint density at radius 2 is 1.95 bits per heavy atom. The molecule has 1 saturated carbocycles. The highest BCUT2D eigenvalue weighted by atomic mass is 16.4. The molecule has 0 saturated heterocycles. The maximum atomic E-state index is 12.5. The summed E-state index contributed by atoms with van der Waals surface area (Å²) in [6, 6.07) is 7.72. The molecule has 1 aliphatic heterocycles. The summed E-state index contributed by atoms with van der Waals surface area (Å²) in [6.45, 7) is 0.511. The molecular weight excluding hydrogens is 266 g/mol. The molecule has 3 rings (SSSR count). The molecule has 1 heterocycles. The van der Waals surface area contributed by atoms with Crippen molar-refractivity contribution >= 4 is 11.9 Å². The second-order valence-corrected chi connectivity index (χ2v) is 5.85. The fourth-order valence-electron chi connectivity index (χ4n) is 3.01. The Morgan fingerprint density at radius 3 is 2.57 bits per heavy atom. The topological polar surface area (TPSA) is 57.6 Å². The number of fused-ring (bicyclic) bond motifs is 1. The smallest absolute Gasteiger partial charge is 0.305 e. The van der Waals surface area contributed by atoms with Gasteiger partial charge in [0.05, 0.1) is 6.42 Å². The van der Waals surface area contributed by atoms with Crippen LogP contribution >= 0.6 is 0 Å². The summed E-state index contributed by atoms with van der Waals surface area (Å²) in [5.74, 6) is -0.890. The second kappa shape index (κ2) is 5.72. The van der Waals surface area contributed by atoms with Crippen molar-refractivity contribution in [2.24, 2.45) is 0 Å². The molecular formula is C17H19NO3. The van der Waals surface area contributed by atoms with Gasteiger partial charge in [0.2, 0.25) is 5.91 Å². The Kier molecular flexibility index (Phi) is 3.78. The molecule has 1 atom stereocenters. The highest BCUT2D eigenvalue weighted by molar-refractivity contribution is 5.89. The van der Waals surface area contributed by atoms with Crippen LogP contribution in [0.2, 0.25) is 0 Å². The average Bonchev–Trinajstić information content (AvgIpc) is 2.41. The minimum atomic E-state index is -0.853. The van der Waals surface area contributed by atoms with Crippen LogP contribution in [-0.4, -0.2) is 27.9 Å². The van der Waals surface area contributed by atoms with Gasteiger partial charge < -0.3 is 10.0 Å². The first-order chi connectivity index (χ1) is 10.1. The van der Waals surface area contributed by atoms with Crippen molar-refractivity contribution in [2.75, 3.05) is 0 Å². The number of nitrogens with zero attached hydrogens (tertiary/aromatic N) is 1. The van der Waals surface area contributed by atoms with Crippen LogP contribution in [0.15, 0.2) is 35.9 Å². The Hall–Kier alpha value is -2.10.